The number of likely N-dealkylation sites (tertiary alicyclic amines) is 1. The number of hydrogen-bond acceptors (Lipinski definition) is 3. The minimum Gasteiger partial charge on any atom is -0.480 e. The third kappa shape index (κ3) is 2.17. The third-order valence-corrected chi connectivity index (χ3v) is 3.85. The Morgan fingerprint density at radius 3 is 1.95 bits per heavy atom. The van der Waals surface area contributed by atoms with E-state index >= 15 is 0 Å². The maximum atomic E-state index is 12.4. The lowest BCUT2D eigenvalue weighted by atomic mass is 9.85. The Bertz CT molecular complexity index is 435. The first-order chi connectivity index (χ1) is 8.75. The van der Waals surface area contributed by atoms with Gasteiger partial charge in [-0.3, -0.25) is 14.5 Å². The molecule has 5 nitrogen and oxygen atoms in total. The van der Waals surface area contributed by atoms with E-state index in [1.165, 1.54) is 0 Å². The van der Waals surface area contributed by atoms with Crippen molar-refractivity contribution in [1.82, 2.24) is 4.90 Å². The van der Waals surface area contributed by atoms with Crippen LogP contribution in [-0.2, 0) is 14.4 Å². The molecule has 2 amide bonds. The average Bonchev–Trinajstić information content (AvgIpc) is 2.53. The quantitative estimate of drug-likeness (QED) is 0.605. The van der Waals surface area contributed by atoms with Crippen molar-refractivity contribution >= 4 is 17.8 Å². The topological polar surface area (TPSA) is 74.7 Å². The van der Waals surface area contributed by atoms with Gasteiger partial charge in [0.2, 0.25) is 11.8 Å². The van der Waals surface area contributed by atoms with Crippen LogP contribution in [-0.4, -0.2) is 33.8 Å². The first kappa shape index (κ1) is 13.8. The number of nitrogens with zero attached hydrogens (tertiary/aromatic N) is 1. The Kier molecular flexibility index (Phi) is 3.24. The molecule has 0 spiro atoms. The first-order valence-corrected chi connectivity index (χ1v) is 6.50. The number of carboxylic acids is 1. The average molecular weight is 265 g/mol. The van der Waals surface area contributed by atoms with Crippen LogP contribution in [0.25, 0.3) is 0 Å². The smallest absolute Gasteiger partial charge is 0.327 e. The molecule has 1 heterocycles. The molecule has 1 fully saturated rings. The number of fused-ring (bicyclic) bond motifs is 1. The van der Waals surface area contributed by atoms with Gasteiger partial charge in [0.1, 0.15) is 6.04 Å². The van der Waals surface area contributed by atoms with Crippen LogP contribution in [0, 0.1) is 17.3 Å². The Hall–Kier alpha value is -1.65. The minimum absolute atomic E-state index is 0.332. The second kappa shape index (κ2) is 4.47. The van der Waals surface area contributed by atoms with E-state index in [9.17, 15) is 19.5 Å². The summed E-state index contributed by atoms with van der Waals surface area (Å²) in [5, 5.41) is 9.38. The maximum Gasteiger partial charge on any atom is 0.327 e. The summed E-state index contributed by atoms with van der Waals surface area (Å²) in [6, 6.07) is -1.10. The molecule has 0 aromatic rings. The zero-order valence-corrected chi connectivity index (χ0v) is 11.4. The molecule has 2 rings (SSSR count). The van der Waals surface area contributed by atoms with Gasteiger partial charge < -0.3 is 5.11 Å². The molecule has 5 heteroatoms. The zero-order valence-electron chi connectivity index (χ0n) is 11.4. The van der Waals surface area contributed by atoms with Crippen molar-refractivity contribution in [3.05, 3.63) is 12.2 Å². The molecule has 1 aliphatic carbocycles. The molecule has 1 aliphatic heterocycles. The van der Waals surface area contributed by atoms with E-state index in [-0.39, 0.29) is 23.7 Å². The summed E-state index contributed by atoms with van der Waals surface area (Å²) in [5.41, 5.74) is -0.682. The number of imide groups is 1. The second-order valence-corrected chi connectivity index (χ2v) is 6.31. The molecule has 0 saturated carbocycles. The molecular formula is C14H19NO4. The lowest BCUT2D eigenvalue weighted by Gasteiger charge is -2.33. The highest BCUT2D eigenvalue weighted by Crippen LogP contribution is 2.39. The molecule has 104 valence electrons. The van der Waals surface area contributed by atoms with Crippen LogP contribution in [0.4, 0.5) is 0 Å². The normalized spacial score (nSPS) is 28.5. The van der Waals surface area contributed by atoms with Gasteiger partial charge in [-0.15, -0.1) is 0 Å². The molecule has 0 radical (unpaired) electrons. The summed E-state index contributed by atoms with van der Waals surface area (Å²) in [7, 11) is 0. The van der Waals surface area contributed by atoms with E-state index in [1.807, 2.05) is 12.2 Å². The van der Waals surface area contributed by atoms with Gasteiger partial charge in [-0.05, 0) is 18.3 Å². The first-order valence-electron chi connectivity index (χ1n) is 6.50. The van der Waals surface area contributed by atoms with Crippen LogP contribution in [0.2, 0.25) is 0 Å². The van der Waals surface area contributed by atoms with Crippen molar-refractivity contribution in [2.75, 3.05) is 0 Å². The second-order valence-electron chi connectivity index (χ2n) is 6.31. The summed E-state index contributed by atoms with van der Waals surface area (Å²) in [4.78, 5) is 37.2. The van der Waals surface area contributed by atoms with Crippen LogP contribution in [0.5, 0.6) is 0 Å². The standard InChI is InChI=1S/C14H19NO4/c1-14(2,3)10(13(18)19)15-11(16)8-6-4-5-7-9(8)12(15)17/h4-5,8-10H,6-7H2,1-3H3,(H,18,19)/t8-,9+,10?. The van der Waals surface area contributed by atoms with Crippen molar-refractivity contribution in [3.63, 3.8) is 0 Å². The lowest BCUT2D eigenvalue weighted by molar-refractivity contribution is -0.159. The van der Waals surface area contributed by atoms with Crippen molar-refractivity contribution in [3.8, 4) is 0 Å². The van der Waals surface area contributed by atoms with Gasteiger partial charge in [-0.1, -0.05) is 32.9 Å². The summed E-state index contributed by atoms with van der Waals surface area (Å²) in [6.07, 6.45) is 4.84. The fraction of sp³-hybridized carbons (Fsp3) is 0.643. The SMILES string of the molecule is CC(C)(C)C(C(=O)O)N1C(=O)[C@H]2CC=CC[C@H]2C1=O. The molecule has 1 unspecified atom stereocenters. The van der Waals surface area contributed by atoms with E-state index in [2.05, 4.69) is 0 Å². The van der Waals surface area contributed by atoms with Crippen LogP contribution in [0.3, 0.4) is 0 Å². The number of amides is 2. The van der Waals surface area contributed by atoms with E-state index in [0.29, 0.717) is 12.8 Å². The van der Waals surface area contributed by atoms with E-state index < -0.39 is 17.4 Å². The summed E-state index contributed by atoms with van der Waals surface area (Å²) < 4.78 is 0. The van der Waals surface area contributed by atoms with Gasteiger partial charge in [-0.25, -0.2) is 4.79 Å². The van der Waals surface area contributed by atoms with Crippen molar-refractivity contribution in [1.29, 1.82) is 0 Å². The monoisotopic (exact) mass is 265 g/mol. The highest BCUT2D eigenvalue weighted by Gasteiger charge is 2.53. The van der Waals surface area contributed by atoms with Gasteiger partial charge in [0, 0.05) is 0 Å². The number of hydrogen-bond donors (Lipinski definition) is 1. The van der Waals surface area contributed by atoms with Gasteiger partial charge >= 0.3 is 5.97 Å². The summed E-state index contributed by atoms with van der Waals surface area (Å²) >= 11 is 0. The number of carbonyl (C=O) groups is 3. The summed E-state index contributed by atoms with van der Waals surface area (Å²) in [5.74, 6) is -2.53. The predicted octanol–water partition coefficient (Wildman–Crippen LogP) is 1.44. The molecule has 0 aromatic carbocycles. The molecule has 0 bridgehead atoms. The number of aliphatic carboxylic acids is 1. The van der Waals surface area contributed by atoms with Gasteiger partial charge in [0.15, 0.2) is 0 Å². The molecule has 1 saturated heterocycles. The molecule has 2 aliphatic rings. The highest BCUT2D eigenvalue weighted by molar-refractivity contribution is 6.08. The fourth-order valence-corrected chi connectivity index (χ4v) is 2.95. The van der Waals surface area contributed by atoms with Crippen molar-refractivity contribution in [2.24, 2.45) is 17.3 Å². The number of carboxylic acid groups (broad SMARTS) is 1. The Labute approximate surface area is 112 Å². The van der Waals surface area contributed by atoms with Gasteiger partial charge in [0.25, 0.3) is 0 Å². The number of allylic oxidation sites excluding steroid dienone is 2. The molecule has 3 atom stereocenters. The zero-order chi connectivity index (χ0) is 14.4. The van der Waals surface area contributed by atoms with Gasteiger partial charge in [0.05, 0.1) is 11.8 Å². The summed E-state index contributed by atoms with van der Waals surface area (Å²) in [6.45, 7) is 5.19. The van der Waals surface area contributed by atoms with E-state index in [0.717, 1.165) is 4.90 Å². The van der Waals surface area contributed by atoms with Crippen molar-refractivity contribution < 1.29 is 19.5 Å². The fourth-order valence-electron chi connectivity index (χ4n) is 2.95. The Balaban J connectivity index is 2.37. The third-order valence-electron chi connectivity index (χ3n) is 3.85. The van der Waals surface area contributed by atoms with Gasteiger partial charge in [-0.2, -0.15) is 0 Å². The molecule has 19 heavy (non-hydrogen) atoms. The van der Waals surface area contributed by atoms with Crippen LogP contribution in [0.15, 0.2) is 12.2 Å². The maximum absolute atomic E-state index is 12.4. The lowest BCUT2D eigenvalue weighted by Crippen LogP contribution is -2.52. The molecular weight excluding hydrogens is 246 g/mol. The largest absolute Gasteiger partial charge is 0.480 e. The van der Waals surface area contributed by atoms with Crippen LogP contribution < -0.4 is 0 Å². The van der Waals surface area contributed by atoms with E-state index in [4.69, 9.17) is 0 Å². The molecule has 0 aromatic heterocycles. The van der Waals surface area contributed by atoms with Crippen molar-refractivity contribution in [2.45, 2.75) is 39.7 Å². The minimum atomic E-state index is -1.12. The Morgan fingerprint density at radius 2 is 1.63 bits per heavy atom. The van der Waals surface area contributed by atoms with Crippen LogP contribution >= 0.6 is 0 Å². The number of carbonyl (C=O) groups excluding carboxylic acids is 2. The van der Waals surface area contributed by atoms with E-state index in [1.54, 1.807) is 20.8 Å². The molecule has 1 N–H and O–H groups in total. The highest BCUT2D eigenvalue weighted by atomic mass is 16.4. The Morgan fingerprint density at radius 1 is 1.21 bits per heavy atom. The number of rotatable bonds is 2. The van der Waals surface area contributed by atoms with Crippen LogP contribution in [0.1, 0.15) is 33.6 Å². The predicted molar refractivity (Wildman–Crippen MR) is 68.1 cm³/mol.